The second-order valence-corrected chi connectivity index (χ2v) is 4.05. The number of carbonyl (C=O) groups is 1. The molecule has 1 amide bonds. The van der Waals surface area contributed by atoms with Crippen LogP contribution in [0, 0.1) is 0 Å². The summed E-state index contributed by atoms with van der Waals surface area (Å²) in [7, 11) is 0. The Morgan fingerprint density at radius 1 is 1.53 bits per heavy atom. The van der Waals surface area contributed by atoms with Crippen molar-refractivity contribution < 1.29 is 9.53 Å². The fraction of sp³-hybridized carbons (Fsp3) is 0.300. The summed E-state index contributed by atoms with van der Waals surface area (Å²) in [4.78, 5) is 11.0. The molecule has 82 valence electrons. The lowest BCUT2D eigenvalue weighted by atomic mass is 10.2. The first kappa shape index (κ1) is 11.8. The first-order valence-electron chi connectivity index (χ1n) is 4.55. The molecule has 0 bridgehead atoms. The number of benzene rings is 1. The Labute approximate surface area is 96.7 Å². The molecular weight excluding hydrogens is 260 g/mol. The molecule has 4 N–H and O–H groups in total. The molecule has 0 spiro atoms. The predicted octanol–water partition coefficient (Wildman–Crippen LogP) is 1.67. The standard InChI is InChI=1S/C10H13BrN2O2/c1-2-9(10(13)14)15-8-4-6(11)3-7(12)5-8/h3-5,9H,2,12H2,1H3,(H2,13,14). The van der Waals surface area contributed by atoms with Gasteiger partial charge in [0.2, 0.25) is 0 Å². The quantitative estimate of drug-likeness (QED) is 0.819. The van der Waals surface area contributed by atoms with E-state index in [1.165, 1.54) is 0 Å². The number of nitrogens with two attached hydrogens (primary N) is 2. The third kappa shape index (κ3) is 3.43. The molecule has 0 aliphatic carbocycles. The van der Waals surface area contributed by atoms with Crippen LogP contribution in [0.1, 0.15) is 13.3 Å². The van der Waals surface area contributed by atoms with E-state index in [-0.39, 0.29) is 0 Å². The van der Waals surface area contributed by atoms with Gasteiger partial charge < -0.3 is 16.2 Å². The number of rotatable bonds is 4. The van der Waals surface area contributed by atoms with Crippen LogP contribution in [0.2, 0.25) is 0 Å². The third-order valence-electron chi connectivity index (χ3n) is 1.86. The number of nitrogen functional groups attached to an aromatic ring is 1. The maximum absolute atomic E-state index is 11.0. The van der Waals surface area contributed by atoms with Crippen molar-refractivity contribution >= 4 is 27.5 Å². The Hall–Kier alpha value is -1.23. The first-order chi connectivity index (χ1) is 7.02. The van der Waals surface area contributed by atoms with E-state index in [9.17, 15) is 4.79 Å². The van der Waals surface area contributed by atoms with Crippen LogP contribution in [0.5, 0.6) is 5.75 Å². The van der Waals surface area contributed by atoms with Crippen molar-refractivity contribution in [2.24, 2.45) is 5.73 Å². The van der Waals surface area contributed by atoms with Gasteiger partial charge in [-0.1, -0.05) is 22.9 Å². The fourth-order valence-corrected chi connectivity index (χ4v) is 1.65. The Kier molecular flexibility index (Phi) is 3.96. The van der Waals surface area contributed by atoms with E-state index in [2.05, 4.69) is 15.9 Å². The highest BCUT2D eigenvalue weighted by Gasteiger charge is 2.14. The second kappa shape index (κ2) is 5.02. The van der Waals surface area contributed by atoms with Gasteiger partial charge in [0.25, 0.3) is 5.91 Å². The number of halogens is 1. The molecule has 0 radical (unpaired) electrons. The summed E-state index contributed by atoms with van der Waals surface area (Å²) in [5.74, 6) is 0.0589. The molecule has 1 atom stereocenters. The minimum Gasteiger partial charge on any atom is -0.481 e. The lowest BCUT2D eigenvalue weighted by Gasteiger charge is -2.14. The highest BCUT2D eigenvalue weighted by molar-refractivity contribution is 9.10. The van der Waals surface area contributed by atoms with Crippen molar-refractivity contribution in [2.45, 2.75) is 19.4 Å². The molecule has 0 saturated heterocycles. The van der Waals surface area contributed by atoms with Crippen LogP contribution in [-0.2, 0) is 4.79 Å². The fourth-order valence-electron chi connectivity index (χ4n) is 1.16. The number of ether oxygens (including phenoxy) is 1. The number of primary amides is 1. The van der Waals surface area contributed by atoms with Gasteiger partial charge in [-0.2, -0.15) is 0 Å². The van der Waals surface area contributed by atoms with Gasteiger partial charge >= 0.3 is 0 Å². The van der Waals surface area contributed by atoms with Crippen LogP contribution in [0.25, 0.3) is 0 Å². The lowest BCUT2D eigenvalue weighted by molar-refractivity contribution is -0.124. The van der Waals surface area contributed by atoms with Crippen molar-refractivity contribution in [3.63, 3.8) is 0 Å². The van der Waals surface area contributed by atoms with Crippen LogP contribution < -0.4 is 16.2 Å². The molecule has 5 heteroatoms. The van der Waals surface area contributed by atoms with Gasteiger partial charge in [0.15, 0.2) is 6.10 Å². The average Bonchev–Trinajstić information content (AvgIpc) is 2.12. The third-order valence-corrected chi connectivity index (χ3v) is 2.32. The zero-order chi connectivity index (χ0) is 11.4. The molecule has 1 aromatic carbocycles. The topological polar surface area (TPSA) is 78.3 Å². The number of anilines is 1. The smallest absolute Gasteiger partial charge is 0.258 e. The van der Waals surface area contributed by atoms with Gasteiger partial charge in [-0.3, -0.25) is 4.79 Å². The molecule has 0 saturated carbocycles. The van der Waals surface area contributed by atoms with E-state index in [0.717, 1.165) is 4.47 Å². The first-order valence-corrected chi connectivity index (χ1v) is 5.34. The molecule has 0 fully saturated rings. The molecule has 4 nitrogen and oxygen atoms in total. The molecule has 0 aliphatic heterocycles. The van der Waals surface area contributed by atoms with Crippen LogP contribution in [0.4, 0.5) is 5.69 Å². The molecular formula is C10H13BrN2O2. The van der Waals surface area contributed by atoms with Crippen molar-refractivity contribution in [1.82, 2.24) is 0 Å². The van der Waals surface area contributed by atoms with E-state index < -0.39 is 12.0 Å². The Bertz CT molecular complexity index is 348. The molecule has 15 heavy (non-hydrogen) atoms. The zero-order valence-corrected chi connectivity index (χ0v) is 9.95. The summed E-state index contributed by atoms with van der Waals surface area (Å²) >= 11 is 3.29. The summed E-state index contributed by atoms with van der Waals surface area (Å²) in [6, 6.07) is 5.14. The van der Waals surface area contributed by atoms with Gasteiger partial charge in [-0.25, -0.2) is 0 Å². The molecule has 0 aliphatic rings. The molecule has 1 aromatic rings. The number of hydrogen-bond acceptors (Lipinski definition) is 3. The summed E-state index contributed by atoms with van der Waals surface area (Å²) in [6.45, 7) is 1.83. The van der Waals surface area contributed by atoms with Crippen molar-refractivity contribution in [1.29, 1.82) is 0 Å². The SMILES string of the molecule is CCC(Oc1cc(N)cc(Br)c1)C(N)=O. The van der Waals surface area contributed by atoms with E-state index in [0.29, 0.717) is 17.9 Å². The van der Waals surface area contributed by atoms with E-state index in [4.69, 9.17) is 16.2 Å². The maximum Gasteiger partial charge on any atom is 0.258 e. The van der Waals surface area contributed by atoms with Crippen LogP contribution in [-0.4, -0.2) is 12.0 Å². The van der Waals surface area contributed by atoms with Gasteiger partial charge in [-0.15, -0.1) is 0 Å². The minimum absolute atomic E-state index is 0.476. The molecule has 0 aromatic heterocycles. The highest BCUT2D eigenvalue weighted by Crippen LogP contribution is 2.23. The van der Waals surface area contributed by atoms with Crippen LogP contribution in [0.3, 0.4) is 0 Å². The lowest BCUT2D eigenvalue weighted by Crippen LogP contribution is -2.32. The Morgan fingerprint density at radius 3 is 2.67 bits per heavy atom. The summed E-state index contributed by atoms with van der Waals surface area (Å²) in [6.07, 6.45) is -0.0828. The van der Waals surface area contributed by atoms with Gasteiger partial charge in [0, 0.05) is 16.2 Å². The van der Waals surface area contributed by atoms with E-state index in [1.54, 1.807) is 18.2 Å². The van der Waals surface area contributed by atoms with Crippen molar-refractivity contribution in [2.75, 3.05) is 5.73 Å². The maximum atomic E-state index is 11.0. The molecule has 1 unspecified atom stereocenters. The van der Waals surface area contributed by atoms with Crippen molar-refractivity contribution in [3.8, 4) is 5.75 Å². The average molecular weight is 273 g/mol. The van der Waals surface area contributed by atoms with E-state index in [1.807, 2.05) is 6.92 Å². The summed E-state index contributed by atoms with van der Waals surface area (Å²) in [5.41, 5.74) is 11.4. The van der Waals surface area contributed by atoms with Gasteiger partial charge in [-0.05, 0) is 18.6 Å². The Balaban J connectivity index is 2.83. The second-order valence-electron chi connectivity index (χ2n) is 3.14. The van der Waals surface area contributed by atoms with Gasteiger partial charge in [0.05, 0.1) is 0 Å². The molecule has 0 heterocycles. The van der Waals surface area contributed by atoms with Crippen molar-refractivity contribution in [3.05, 3.63) is 22.7 Å². The number of hydrogen-bond donors (Lipinski definition) is 2. The molecule has 1 rings (SSSR count). The van der Waals surface area contributed by atoms with Gasteiger partial charge in [0.1, 0.15) is 5.75 Å². The normalized spacial score (nSPS) is 12.1. The minimum atomic E-state index is -0.612. The zero-order valence-electron chi connectivity index (χ0n) is 8.37. The summed E-state index contributed by atoms with van der Waals surface area (Å²) < 4.78 is 6.20. The largest absolute Gasteiger partial charge is 0.481 e. The summed E-state index contributed by atoms with van der Waals surface area (Å²) in [5, 5.41) is 0. The van der Waals surface area contributed by atoms with Crippen LogP contribution in [0.15, 0.2) is 22.7 Å². The number of amides is 1. The van der Waals surface area contributed by atoms with E-state index >= 15 is 0 Å². The van der Waals surface area contributed by atoms with Crippen LogP contribution >= 0.6 is 15.9 Å². The number of carbonyl (C=O) groups excluding carboxylic acids is 1. The highest BCUT2D eigenvalue weighted by atomic mass is 79.9. The monoisotopic (exact) mass is 272 g/mol. The Morgan fingerprint density at radius 2 is 2.20 bits per heavy atom. The predicted molar refractivity (Wildman–Crippen MR) is 62.5 cm³/mol.